The normalized spacial score (nSPS) is 14.4. The molecule has 0 aliphatic rings. The van der Waals surface area contributed by atoms with Gasteiger partial charge in [-0.2, -0.15) is 0 Å². The van der Waals surface area contributed by atoms with Crippen LogP contribution in [-0.2, 0) is 0 Å². The molecule has 0 aliphatic heterocycles. The van der Waals surface area contributed by atoms with E-state index in [1.54, 1.807) is 11.3 Å². The second-order valence-electron chi connectivity index (χ2n) is 4.29. The van der Waals surface area contributed by atoms with Crippen molar-refractivity contribution in [1.29, 1.82) is 0 Å². The van der Waals surface area contributed by atoms with Gasteiger partial charge in [0.2, 0.25) is 0 Å². The fourth-order valence-corrected chi connectivity index (χ4v) is 4.07. The number of hydrogen-bond donors (Lipinski definition) is 1. The number of rotatable bonds is 4. The minimum absolute atomic E-state index is 0.310. The Hall–Kier alpha value is -0.160. The third-order valence-corrected chi connectivity index (χ3v) is 5.13. The predicted octanol–water partition coefficient (Wildman–Crippen LogP) is 5.68. The first kappa shape index (κ1) is 14.3. The second-order valence-corrected chi connectivity index (χ2v) is 7.04. The van der Waals surface area contributed by atoms with Crippen molar-refractivity contribution in [1.82, 2.24) is 5.32 Å². The summed E-state index contributed by atoms with van der Waals surface area (Å²) in [6.45, 7) is 4.40. The molecule has 0 aliphatic carbocycles. The molecule has 1 N–H and O–H groups in total. The number of nitrogens with one attached hydrogen (secondary N) is 1. The first-order valence-electron chi connectivity index (χ1n) is 5.82. The van der Waals surface area contributed by atoms with E-state index in [2.05, 4.69) is 86.7 Å². The highest BCUT2D eigenvalue weighted by atomic mass is 79.9. The third-order valence-electron chi connectivity index (χ3n) is 2.90. The van der Waals surface area contributed by atoms with E-state index >= 15 is 0 Å². The number of hydrogen-bond acceptors (Lipinski definition) is 2. The van der Waals surface area contributed by atoms with Crippen LogP contribution in [0.25, 0.3) is 0 Å². The molecule has 2 rings (SSSR count). The molecule has 0 bridgehead atoms. The first-order chi connectivity index (χ1) is 8.58. The van der Waals surface area contributed by atoms with Crippen LogP contribution >= 0.6 is 43.2 Å². The standard InChI is InChI=1S/C14H15Br2NS/c1-9(12-6-5-11(15)8-13(12)16)17-10(2)14-4-3-7-18-14/h3-10,17H,1-2H3/t9?,10-/m1/s1. The molecule has 0 spiro atoms. The van der Waals surface area contributed by atoms with Gasteiger partial charge < -0.3 is 5.32 Å². The van der Waals surface area contributed by atoms with Crippen LogP contribution < -0.4 is 5.32 Å². The number of benzene rings is 1. The summed E-state index contributed by atoms with van der Waals surface area (Å²) in [4.78, 5) is 1.37. The van der Waals surface area contributed by atoms with E-state index in [1.807, 2.05) is 0 Å². The van der Waals surface area contributed by atoms with Gasteiger partial charge in [-0.3, -0.25) is 0 Å². The quantitative estimate of drug-likeness (QED) is 0.709. The van der Waals surface area contributed by atoms with Gasteiger partial charge in [-0.05, 0) is 43.0 Å². The summed E-state index contributed by atoms with van der Waals surface area (Å²) < 4.78 is 2.23. The lowest BCUT2D eigenvalue weighted by molar-refractivity contribution is 0.499. The van der Waals surface area contributed by atoms with Crippen molar-refractivity contribution >= 4 is 43.2 Å². The molecular formula is C14H15Br2NS. The fraction of sp³-hybridized carbons (Fsp3) is 0.286. The molecule has 96 valence electrons. The summed E-state index contributed by atoms with van der Waals surface area (Å²) in [7, 11) is 0. The molecule has 0 fully saturated rings. The van der Waals surface area contributed by atoms with Crippen LogP contribution in [-0.4, -0.2) is 0 Å². The highest BCUT2D eigenvalue weighted by Gasteiger charge is 2.14. The monoisotopic (exact) mass is 387 g/mol. The molecule has 1 heterocycles. The Morgan fingerprint density at radius 1 is 1.11 bits per heavy atom. The number of thiophene rings is 1. The zero-order valence-corrected chi connectivity index (χ0v) is 14.3. The lowest BCUT2D eigenvalue weighted by atomic mass is 10.1. The molecule has 1 unspecified atom stereocenters. The van der Waals surface area contributed by atoms with E-state index < -0.39 is 0 Å². The average molecular weight is 389 g/mol. The Morgan fingerprint density at radius 3 is 2.50 bits per heavy atom. The van der Waals surface area contributed by atoms with Gasteiger partial charge in [-0.25, -0.2) is 0 Å². The SMILES string of the molecule is CC(N[C@H](C)c1cccs1)c1ccc(Br)cc1Br. The Bertz CT molecular complexity index is 511. The topological polar surface area (TPSA) is 12.0 Å². The van der Waals surface area contributed by atoms with Crippen molar-refractivity contribution in [2.75, 3.05) is 0 Å². The smallest absolute Gasteiger partial charge is 0.0391 e. The maximum absolute atomic E-state index is 3.62. The van der Waals surface area contributed by atoms with E-state index in [0.717, 1.165) is 8.95 Å². The van der Waals surface area contributed by atoms with Crippen LogP contribution in [0.5, 0.6) is 0 Å². The lowest BCUT2D eigenvalue weighted by Crippen LogP contribution is -2.22. The maximum Gasteiger partial charge on any atom is 0.0391 e. The molecule has 18 heavy (non-hydrogen) atoms. The summed E-state index contributed by atoms with van der Waals surface area (Å²) in [5.74, 6) is 0. The largest absolute Gasteiger partial charge is 0.303 e. The van der Waals surface area contributed by atoms with E-state index in [1.165, 1.54) is 10.4 Å². The van der Waals surface area contributed by atoms with Crippen molar-refractivity contribution in [3.8, 4) is 0 Å². The van der Waals surface area contributed by atoms with Crippen molar-refractivity contribution in [2.45, 2.75) is 25.9 Å². The predicted molar refractivity (Wildman–Crippen MR) is 86.1 cm³/mol. The third kappa shape index (κ3) is 3.44. The Balaban J connectivity index is 2.10. The van der Waals surface area contributed by atoms with Crippen LogP contribution in [0.15, 0.2) is 44.7 Å². The van der Waals surface area contributed by atoms with Crippen LogP contribution in [0, 0.1) is 0 Å². The Morgan fingerprint density at radius 2 is 1.89 bits per heavy atom. The molecule has 0 saturated heterocycles. The zero-order valence-electron chi connectivity index (χ0n) is 10.3. The lowest BCUT2D eigenvalue weighted by Gasteiger charge is -2.20. The molecule has 0 radical (unpaired) electrons. The highest BCUT2D eigenvalue weighted by Crippen LogP contribution is 2.29. The van der Waals surface area contributed by atoms with Gasteiger partial charge in [0.25, 0.3) is 0 Å². The highest BCUT2D eigenvalue weighted by molar-refractivity contribution is 9.11. The van der Waals surface area contributed by atoms with Gasteiger partial charge in [0, 0.05) is 25.9 Å². The average Bonchev–Trinajstić information content (AvgIpc) is 2.81. The Kier molecular flexibility index (Phi) is 5.01. The second kappa shape index (κ2) is 6.33. The van der Waals surface area contributed by atoms with Crippen LogP contribution in [0.4, 0.5) is 0 Å². The van der Waals surface area contributed by atoms with Gasteiger partial charge in [-0.15, -0.1) is 11.3 Å². The van der Waals surface area contributed by atoms with Crippen molar-refractivity contribution in [2.24, 2.45) is 0 Å². The fourth-order valence-electron chi connectivity index (χ4n) is 1.94. The van der Waals surface area contributed by atoms with Crippen molar-refractivity contribution in [3.63, 3.8) is 0 Å². The van der Waals surface area contributed by atoms with Crippen LogP contribution in [0.2, 0.25) is 0 Å². The van der Waals surface area contributed by atoms with Gasteiger partial charge in [0.1, 0.15) is 0 Å². The zero-order chi connectivity index (χ0) is 13.1. The van der Waals surface area contributed by atoms with Gasteiger partial charge >= 0.3 is 0 Å². The van der Waals surface area contributed by atoms with Crippen LogP contribution in [0.3, 0.4) is 0 Å². The van der Waals surface area contributed by atoms with Gasteiger partial charge in [0.05, 0.1) is 0 Å². The van der Waals surface area contributed by atoms with Crippen molar-refractivity contribution < 1.29 is 0 Å². The van der Waals surface area contributed by atoms with E-state index in [4.69, 9.17) is 0 Å². The summed E-state index contributed by atoms with van der Waals surface area (Å²) in [6.07, 6.45) is 0. The summed E-state index contributed by atoms with van der Waals surface area (Å²) in [5.41, 5.74) is 1.28. The summed E-state index contributed by atoms with van der Waals surface area (Å²) in [6, 6.07) is 11.3. The van der Waals surface area contributed by atoms with Crippen LogP contribution in [0.1, 0.15) is 36.4 Å². The molecule has 0 saturated carbocycles. The number of halogens is 2. The molecule has 1 aromatic heterocycles. The first-order valence-corrected chi connectivity index (χ1v) is 8.29. The molecule has 4 heteroatoms. The minimum Gasteiger partial charge on any atom is -0.303 e. The van der Waals surface area contributed by atoms with E-state index in [9.17, 15) is 0 Å². The molecular weight excluding hydrogens is 374 g/mol. The maximum atomic E-state index is 3.62. The van der Waals surface area contributed by atoms with E-state index in [0.29, 0.717) is 12.1 Å². The van der Waals surface area contributed by atoms with Crippen molar-refractivity contribution in [3.05, 3.63) is 55.1 Å². The van der Waals surface area contributed by atoms with Gasteiger partial charge in [-0.1, -0.05) is 44.0 Å². The molecule has 1 nitrogen and oxygen atoms in total. The molecule has 2 atom stereocenters. The van der Waals surface area contributed by atoms with E-state index in [-0.39, 0.29) is 0 Å². The summed E-state index contributed by atoms with van der Waals surface area (Å²) in [5, 5.41) is 5.74. The summed E-state index contributed by atoms with van der Waals surface area (Å²) >= 11 is 8.89. The molecule has 1 aromatic carbocycles. The molecule has 2 aromatic rings. The Labute approximate surface area is 129 Å². The molecule has 0 amide bonds. The minimum atomic E-state index is 0.310. The van der Waals surface area contributed by atoms with Gasteiger partial charge in [0.15, 0.2) is 0 Å².